The van der Waals surface area contributed by atoms with Crippen molar-refractivity contribution in [2.75, 3.05) is 13.7 Å². The summed E-state index contributed by atoms with van der Waals surface area (Å²) in [6.45, 7) is 0.265. The molecule has 1 saturated heterocycles. The van der Waals surface area contributed by atoms with Crippen LogP contribution in [0.4, 0.5) is 4.79 Å². The van der Waals surface area contributed by atoms with Gasteiger partial charge in [0.05, 0.1) is 12.7 Å². The first-order valence-electron chi connectivity index (χ1n) is 10.0. The third-order valence-electron chi connectivity index (χ3n) is 5.99. The Morgan fingerprint density at radius 1 is 0.929 bits per heavy atom. The first-order valence-corrected chi connectivity index (χ1v) is 10.0. The van der Waals surface area contributed by atoms with Crippen molar-refractivity contribution in [1.29, 1.82) is 0 Å². The third kappa shape index (κ3) is 3.42. The summed E-state index contributed by atoms with van der Waals surface area (Å²) in [5.41, 5.74) is 1.59. The number of carbonyl (C=O) groups is 2. The minimum atomic E-state index is -0.675. The molecule has 0 radical (unpaired) electrons. The first-order chi connectivity index (χ1) is 13.6. The second-order valence-electron chi connectivity index (χ2n) is 7.93. The van der Waals surface area contributed by atoms with Crippen molar-refractivity contribution < 1.29 is 9.59 Å². The molecule has 2 aromatic rings. The molecule has 0 unspecified atom stereocenters. The normalized spacial score (nSPS) is 18.9. The second-order valence-corrected chi connectivity index (χ2v) is 7.93. The van der Waals surface area contributed by atoms with Crippen LogP contribution in [0.5, 0.6) is 0 Å². The zero-order valence-electron chi connectivity index (χ0n) is 16.3. The van der Waals surface area contributed by atoms with Gasteiger partial charge in [0.1, 0.15) is 5.54 Å². The number of hydrogen-bond acceptors (Lipinski definition) is 3. The molecule has 2 aliphatic rings. The number of rotatable bonds is 5. The maximum absolute atomic E-state index is 13.1. The highest BCUT2D eigenvalue weighted by atomic mass is 16.2. The summed E-state index contributed by atoms with van der Waals surface area (Å²) < 4.78 is 0. The Bertz CT molecular complexity index is 792. The van der Waals surface area contributed by atoms with Crippen LogP contribution in [0.25, 0.3) is 0 Å². The number of urea groups is 1. The van der Waals surface area contributed by atoms with Gasteiger partial charge in [0.25, 0.3) is 5.91 Å². The maximum Gasteiger partial charge on any atom is 0.326 e. The van der Waals surface area contributed by atoms with E-state index in [1.54, 1.807) is 0 Å². The number of nitrogens with one attached hydrogen (secondary N) is 1. The van der Waals surface area contributed by atoms with Crippen molar-refractivity contribution in [2.24, 2.45) is 0 Å². The lowest BCUT2D eigenvalue weighted by Crippen LogP contribution is -2.49. The van der Waals surface area contributed by atoms with E-state index in [4.69, 9.17) is 0 Å². The quantitative estimate of drug-likeness (QED) is 0.804. The molecule has 0 aromatic heterocycles. The zero-order valence-corrected chi connectivity index (χ0v) is 16.3. The Labute approximate surface area is 166 Å². The molecule has 5 heteroatoms. The Morgan fingerprint density at radius 2 is 1.46 bits per heavy atom. The van der Waals surface area contributed by atoms with E-state index in [0.29, 0.717) is 0 Å². The smallest absolute Gasteiger partial charge is 0.323 e. The Hall–Kier alpha value is -2.66. The number of imide groups is 1. The molecule has 0 atom stereocenters. The summed E-state index contributed by atoms with van der Waals surface area (Å²) in [5, 5.41) is 3.00. The number of amides is 3. The topological polar surface area (TPSA) is 52.6 Å². The molecule has 2 aromatic carbocycles. The van der Waals surface area contributed by atoms with Gasteiger partial charge in [-0.25, -0.2) is 9.69 Å². The Kier molecular flexibility index (Phi) is 5.18. The predicted molar refractivity (Wildman–Crippen MR) is 109 cm³/mol. The predicted octanol–water partition coefficient (Wildman–Crippen LogP) is 3.92. The highest BCUT2D eigenvalue weighted by Gasteiger charge is 2.51. The zero-order chi connectivity index (χ0) is 19.6. The molecule has 146 valence electrons. The average Bonchev–Trinajstić information content (AvgIpc) is 2.94. The minimum absolute atomic E-state index is 0.0362. The molecule has 5 nitrogen and oxygen atoms in total. The van der Waals surface area contributed by atoms with Crippen molar-refractivity contribution in [1.82, 2.24) is 15.1 Å². The van der Waals surface area contributed by atoms with E-state index < -0.39 is 5.54 Å². The number of hydrogen-bond donors (Lipinski definition) is 1. The van der Waals surface area contributed by atoms with Gasteiger partial charge in [-0.1, -0.05) is 79.9 Å². The van der Waals surface area contributed by atoms with E-state index in [2.05, 4.69) is 34.5 Å². The van der Waals surface area contributed by atoms with Crippen molar-refractivity contribution in [3.63, 3.8) is 0 Å². The lowest BCUT2D eigenvalue weighted by Gasteiger charge is -2.33. The van der Waals surface area contributed by atoms with Gasteiger partial charge in [0, 0.05) is 0 Å². The summed E-state index contributed by atoms with van der Waals surface area (Å²) in [4.78, 5) is 29.3. The van der Waals surface area contributed by atoms with Gasteiger partial charge < -0.3 is 5.32 Å². The highest BCUT2D eigenvalue weighted by molar-refractivity contribution is 6.07. The van der Waals surface area contributed by atoms with Gasteiger partial charge in [-0.2, -0.15) is 0 Å². The van der Waals surface area contributed by atoms with Crippen LogP contribution in [0.1, 0.15) is 49.3 Å². The Balaban J connectivity index is 1.59. The van der Waals surface area contributed by atoms with Gasteiger partial charge in [-0.05, 0) is 31.0 Å². The van der Waals surface area contributed by atoms with Gasteiger partial charge in [0.15, 0.2) is 0 Å². The molecular weight excluding hydrogens is 350 g/mol. The van der Waals surface area contributed by atoms with Crippen molar-refractivity contribution >= 4 is 11.9 Å². The molecule has 1 heterocycles. The van der Waals surface area contributed by atoms with Gasteiger partial charge in [-0.15, -0.1) is 0 Å². The molecule has 1 saturated carbocycles. The van der Waals surface area contributed by atoms with E-state index in [0.717, 1.165) is 43.2 Å². The van der Waals surface area contributed by atoms with Crippen LogP contribution in [0.15, 0.2) is 60.7 Å². The first kappa shape index (κ1) is 18.7. The molecule has 1 aliphatic heterocycles. The Morgan fingerprint density at radius 3 is 2.00 bits per heavy atom. The van der Waals surface area contributed by atoms with E-state index in [1.165, 1.54) is 4.90 Å². The second kappa shape index (κ2) is 7.76. The molecule has 2 fully saturated rings. The lowest BCUT2D eigenvalue weighted by molar-refractivity contribution is -0.133. The maximum atomic E-state index is 13.1. The minimum Gasteiger partial charge on any atom is -0.323 e. The molecule has 4 rings (SSSR count). The van der Waals surface area contributed by atoms with Gasteiger partial charge >= 0.3 is 6.03 Å². The summed E-state index contributed by atoms with van der Waals surface area (Å²) in [6, 6.07) is 20.1. The van der Waals surface area contributed by atoms with Crippen molar-refractivity contribution in [2.45, 2.75) is 43.7 Å². The largest absolute Gasteiger partial charge is 0.326 e. The fourth-order valence-electron chi connectivity index (χ4n) is 4.58. The lowest BCUT2D eigenvalue weighted by atomic mass is 9.82. The molecule has 3 amide bonds. The summed E-state index contributed by atoms with van der Waals surface area (Å²) >= 11 is 0. The average molecular weight is 377 g/mol. The third-order valence-corrected chi connectivity index (χ3v) is 5.99. The number of carbonyl (C=O) groups excluding carboxylic acids is 2. The van der Waals surface area contributed by atoms with Gasteiger partial charge in [0.2, 0.25) is 0 Å². The van der Waals surface area contributed by atoms with Crippen LogP contribution in [-0.4, -0.2) is 41.0 Å². The number of nitrogens with zero attached hydrogens (tertiary/aromatic N) is 2. The van der Waals surface area contributed by atoms with Crippen LogP contribution in [0.2, 0.25) is 0 Å². The standard InChI is InChI=1S/C23H27N3O2/c1-25(17-26-21(27)23(24-22(26)28)15-9-4-10-16-23)20(18-11-5-2-6-12-18)19-13-7-3-8-14-19/h2-3,5-8,11-14,20H,4,9-10,15-17H2,1H3,(H,24,28). The monoisotopic (exact) mass is 377 g/mol. The summed E-state index contributed by atoms with van der Waals surface area (Å²) in [5.74, 6) is -0.0658. The SMILES string of the molecule is CN(CN1C(=O)NC2(CCCCC2)C1=O)C(c1ccccc1)c1ccccc1. The fourth-order valence-corrected chi connectivity index (χ4v) is 4.58. The molecule has 1 spiro atoms. The molecule has 0 bridgehead atoms. The van der Waals surface area contributed by atoms with Crippen LogP contribution in [0, 0.1) is 0 Å². The van der Waals surface area contributed by atoms with Crippen LogP contribution in [0.3, 0.4) is 0 Å². The fraction of sp³-hybridized carbons (Fsp3) is 0.391. The summed E-state index contributed by atoms with van der Waals surface area (Å²) in [7, 11) is 1.97. The van der Waals surface area contributed by atoms with Crippen LogP contribution < -0.4 is 5.32 Å². The van der Waals surface area contributed by atoms with E-state index in [9.17, 15) is 9.59 Å². The van der Waals surface area contributed by atoms with E-state index >= 15 is 0 Å². The van der Waals surface area contributed by atoms with Crippen LogP contribution in [-0.2, 0) is 4.79 Å². The number of benzene rings is 2. The molecule has 1 N–H and O–H groups in total. The van der Waals surface area contributed by atoms with E-state index in [-0.39, 0.29) is 24.6 Å². The van der Waals surface area contributed by atoms with Gasteiger partial charge in [-0.3, -0.25) is 9.69 Å². The van der Waals surface area contributed by atoms with Crippen molar-refractivity contribution in [3.8, 4) is 0 Å². The van der Waals surface area contributed by atoms with Crippen molar-refractivity contribution in [3.05, 3.63) is 71.8 Å². The van der Waals surface area contributed by atoms with E-state index in [1.807, 2.05) is 43.4 Å². The van der Waals surface area contributed by atoms with Crippen LogP contribution >= 0.6 is 0 Å². The molecule has 28 heavy (non-hydrogen) atoms. The molecular formula is C23H27N3O2. The summed E-state index contributed by atoms with van der Waals surface area (Å²) in [6.07, 6.45) is 4.62. The highest BCUT2D eigenvalue weighted by Crippen LogP contribution is 2.35. The molecule has 1 aliphatic carbocycles.